The molecule has 1 aliphatic heterocycles. The predicted octanol–water partition coefficient (Wildman–Crippen LogP) is 2.91. The van der Waals surface area contributed by atoms with Gasteiger partial charge >= 0.3 is 12.0 Å². The van der Waals surface area contributed by atoms with Gasteiger partial charge in [0.1, 0.15) is 0 Å². The molecular formula is C17H25Cl2N3O4. The molecule has 9 heteroatoms. The molecular weight excluding hydrogens is 381 g/mol. The average molecular weight is 406 g/mol. The second kappa shape index (κ2) is 10.6. The first-order valence-corrected chi connectivity index (χ1v) is 8.66. The molecule has 7 nitrogen and oxygen atoms in total. The van der Waals surface area contributed by atoms with Crippen LogP contribution in [0.2, 0.25) is 5.02 Å². The van der Waals surface area contributed by atoms with Crippen LogP contribution >= 0.6 is 24.0 Å². The lowest BCUT2D eigenvalue weighted by Gasteiger charge is -2.32. The number of rotatable bonds is 5. The second-order valence-electron chi connectivity index (χ2n) is 6.10. The van der Waals surface area contributed by atoms with Crippen LogP contribution in [-0.4, -0.2) is 55.3 Å². The molecule has 0 bridgehead atoms. The minimum atomic E-state index is -0.462. The summed E-state index contributed by atoms with van der Waals surface area (Å²) < 4.78 is 10.7. The number of nitrogens with two attached hydrogens (primary N) is 1. The lowest BCUT2D eigenvalue weighted by atomic mass is 10.2. The highest BCUT2D eigenvalue weighted by atomic mass is 35.5. The molecule has 2 amide bonds. The van der Waals surface area contributed by atoms with Crippen LogP contribution in [0, 0.1) is 0 Å². The second-order valence-corrected chi connectivity index (χ2v) is 6.50. The van der Waals surface area contributed by atoms with Crippen LogP contribution < -0.4 is 11.1 Å². The smallest absolute Gasteiger partial charge is 0.338 e. The molecule has 2 rings (SSSR count). The van der Waals surface area contributed by atoms with Crippen LogP contribution in [-0.2, 0) is 9.47 Å². The van der Waals surface area contributed by atoms with Gasteiger partial charge in [-0.15, -0.1) is 12.4 Å². The van der Waals surface area contributed by atoms with E-state index in [1.54, 1.807) is 30.9 Å². The monoisotopic (exact) mass is 405 g/mol. The van der Waals surface area contributed by atoms with Crippen LogP contribution in [0.25, 0.3) is 0 Å². The highest BCUT2D eigenvalue weighted by Gasteiger charge is 2.24. The van der Waals surface area contributed by atoms with E-state index in [0.29, 0.717) is 48.9 Å². The number of esters is 1. The fraction of sp³-hybridized carbons (Fsp3) is 0.529. The van der Waals surface area contributed by atoms with Gasteiger partial charge in [-0.1, -0.05) is 11.6 Å². The highest BCUT2D eigenvalue weighted by molar-refractivity contribution is 6.33. The number of nitrogens with one attached hydrogen (secondary N) is 1. The van der Waals surface area contributed by atoms with Gasteiger partial charge in [0.05, 0.1) is 35.1 Å². The third kappa shape index (κ3) is 6.32. The lowest BCUT2D eigenvalue weighted by molar-refractivity contribution is -0.0146. The molecule has 1 aromatic rings. The Labute approximate surface area is 164 Å². The van der Waals surface area contributed by atoms with Crippen molar-refractivity contribution >= 4 is 41.7 Å². The van der Waals surface area contributed by atoms with Crippen molar-refractivity contribution in [2.24, 2.45) is 5.73 Å². The van der Waals surface area contributed by atoms with Crippen molar-refractivity contribution in [3.8, 4) is 0 Å². The largest absolute Gasteiger partial charge is 0.459 e. The molecule has 146 valence electrons. The van der Waals surface area contributed by atoms with Gasteiger partial charge in [0.25, 0.3) is 0 Å². The number of anilines is 1. The average Bonchev–Trinajstić information content (AvgIpc) is 2.56. The first kappa shape index (κ1) is 22.5. The van der Waals surface area contributed by atoms with E-state index in [9.17, 15) is 9.59 Å². The van der Waals surface area contributed by atoms with E-state index in [1.807, 2.05) is 0 Å². The van der Waals surface area contributed by atoms with Crippen molar-refractivity contribution in [1.29, 1.82) is 0 Å². The first-order valence-electron chi connectivity index (χ1n) is 8.28. The summed E-state index contributed by atoms with van der Waals surface area (Å²) in [6.07, 6.45) is 0.405. The number of ether oxygens (including phenoxy) is 2. The number of urea groups is 1. The minimum absolute atomic E-state index is 0. The van der Waals surface area contributed by atoms with Crippen LogP contribution in [0.5, 0.6) is 0 Å². The number of benzene rings is 1. The Morgan fingerprint density at radius 1 is 1.46 bits per heavy atom. The van der Waals surface area contributed by atoms with E-state index < -0.39 is 5.97 Å². The molecule has 0 radical (unpaired) electrons. The molecule has 0 aromatic heterocycles. The zero-order chi connectivity index (χ0) is 18.4. The molecule has 0 saturated carbocycles. The van der Waals surface area contributed by atoms with Crippen molar-refractivity contribution in [2.45, 2.75) is 32.5 Å². The summed E-state index contributed by atoms with van der Waals surface area (Å²) in [5.41, 5.74) is 6.24. The van der Waals surface area contributed by atoms with Crippen molar-refractivity contribution in [3.05, 3.63) is 28.8 Å². The van der Waals surface area contributed by atoms with Crippen molar-refractivity contribution < 1.29 is 19.1 Å². The minimum Gasteiger partial charge on any atom is -0.459 e. The van der Waals surface area contributed by atoms with Gasteiger partial charge in [-0.3, -0.25) is 0 Å². The summed E-state index contributed by atoms with van der Waals surface area (Å²) in [5, 5.41) is 3.10. The van der Waals surface area contributed by atoms with Crippen molar-refractivity contribution in [1.82, 2.24) is 4.90 Å². The summed E-state index contributed by atoms with van der Waals surface area (Å²) in [6, 6.07) is 4.35. The molecule has 1 aliphatic rings. The van der Waals surface area contributed by atoms with Gasteiger partial charge in [-0.25, -0.2) is 9.59 Å². The molecule has 1 heterocycles. The van der Waals surface area contributed by atoms with E-state index in [-0.39, 0.29) is 30.6 Å². The number of nitrogens with zero attached hydrogens (tertiary/aromatic N) is 1. The Hall–Kier alpha value is -1.54. The summed E-state index contributed by atoms with van der Waals surface area (Å²) in [4.78, 5) is 26.1. The molecule has 1 atom stereocenters. The van der Waals surface area contributed by atoms with E-state index in [4.69, 9.17) is 26.8 Å². The number of hydrogen-bond acceptors (Lipinski definition) is 5. The van der Waals surface area contributed by atoms with Crippen LogP contribution in [0.4, 0.5) is 10.5 Å². The maximum Gasteiger partial charge on any atom is 0.338 e. The standard InChI is InChI=1S/C17H24ClN3O4.ClH/c1-11(2)25-16(22)12-3-4-14(18)15(9-12)20-17(23)21-7-8-24-13(10-21)5-6-19;/h3-4,9,11,13H,5-8,10,19H2,1-2H3,(H,20,23);1H. The van der Waals surface area contributed by atoms with E-state index in [2.05, 4.69) is 5.32 Å². The molecule has 1 saturated heterocycles. The number of amides is 2. The summed E-state index contributed by atoms with van der Waals surface area (Å²) in [5.74, 6) is -0.462. The van der Waals surface area contributed by atoms with Crippen LogP contribution in [0.15, 0.2) is 18.2 Å². The van der Waals surface area contributed by atoms with E-state index in [0.717, 1.165) is 0 Å². The van der Waals surface area contributed by atoms with Crippen LogP contribution in [0.1, 0.15) is 30.6 Å². The molecule has 1 unspecified atom stereocenters. The fourth-order valence-corrected chi connectivity index (χ4v) is 2.65. The Kier molecular flexibility index (Phi) is 9.15. The number of halogens is 2. The Morgan fingerprint density at radius 2 is 2.19 bits per heavy atom. The van der Waals surface area contributed by atoms with Crippen LogP contribution in [0.3, 0.4) is 0 Å². The third-order valence-electron chi connectivity index (χ3n) is 3.70. The number of morpholine rings is 1. The first-order chi connectivity index (χ1) is 11.9. The van der Waals surface area contributed by atoms with E-state index in [1.165, 1.54) is 6.07 Å². The predicted molar refractivity (Wildman–Crippen MR) is 103 cm³/mol. The highest BCUT2D eigenvalue weighted by Crippen LogP contribution is 2.24. The van der Waals surface area contributed by atoms with Gasteiger partial charge in [-0.05, 0) is 45.0 Å². The maximum atomic E-state index is 12.5. The Bertz CT molecular complexity index is 626. The summed E-state index contributed by atoms with van der Waals surface area (Å²) in [7, 11) is 0. The van der Waals surface area contributed by atoms with Gasteiger partial charge in [-0.2, -0.15) is 0 Å². The zero-order valence-electron chi connectivity index (χ0n) is 14.9. The summed E-state index contributed by atoms with van der Waals surface area (Å²) >= 11 is 6.14. The number of hydrogen-bond donors (Lipinski definition) is 2. The number of carbonyl (C=O) groups is 2. The third-order valence-corrected chi connectivity index (χ3v) is 4.03. The van der Waals surface area contributed by atoms with Gasteiger partial charge < -0.3 is 25.4 Å². The van der Waals surface area contributed by atoms with Gasteiger partial charge in [0.15, 0.2) is 0 Å². The Balaban J connectivity index is 0.00000338. The van der Waals surface area contributed by atoms with E-state index >= 15 is 0 Å². The fourth-order valence-electron chi connectivity index (χ4n) is 2.49. The maximum absolute atomic E-state index is 12.5. The molecule has 1 aromatic carbocycles. The lowest BCUT2D eigenvalue weighted by Crippen LogP contribution is -2.47. The normalized spacial score (nSPS) is 16.8. The molecule has 3 N–H and O–H groups in total. The van der Waals surface area contributed by atoms with Gasteiger partial charge in [0.2, 0.25) is 0 Å². The molecule has 1 fully saturated rings. The molecule has 0 spiro atoms. The number of carbonyl (C=O) groups excluding carboxylic acids is 2. The van der Waals surface area contributed by atoms with Crippen molar-refractivity contribution in [2.75, 3.05) is 31.6 Å². The van der Waals surface area contributed by atoms with Gasteiger partial charge in [0, 0.05) is 13.1 Å². The quantitative estimate of drug-likeness (QED) is 0.734. The summed E-state index contributed by atoms with van der Waals surface area (Å²) in [6.45, 7) is 5.47. The molecule has 0 aliphatic carbocycles. The SMILES string of the molecule is CC(C)OC(=O)c1ccc(Cl)c(NC(=O)N2CCOC(CCN)C2)c1.Cl. The topological polar surface area (TPSA) is 93.9 Å². The van der Waals surface area contributed by atoms with Crippen molar-refractivity contribution in [3.63, 3.8) is 0 Å². The zero-order valence-corrected chi connectivity index (χ0v) is 16.4. The Morgan fingerprint density at radius 3 is 2.85 bits per heavy atom. The molecule has 26 heavy (non-hydrogen) atoms.